The van der Waals surface area contributed by atoms with Crippen LogP contribution in [0.5, 0.6) is 5.75 Å². The van der Waals surface area contributed by atoms with Crippen LogP contribution >= 0.6 is 12.4 Å². The maximum absolute atomic E-state index is 12.4. The number of carbonyl (C=O) groups excluding carboxylic acids is 1. The largest absolute Gasteiger partial charge is 0.435 e. The van der Waals surface area contributed by atoms with E-state index < -0.39 is 6.61 Å². The summed E-state index contributed by atoms with van der Waals surface area (Å²) >= 11 is 0. The van der Waals surface area contributed by atoms with Gasteiger partial charge < -0.3 is 15.4 Å². The molecule has 25 heavy (non-hydrogen) atoms. The fourth-order valence-electron chi connectivity index (χ4n) is 3.06. The summed E-state index contributed by atoms with van der Waals surface area (Å²) < 4.78 is 29.2. The van der Waals surface area contributed by atoms with Crippen LogP contribution in [0.15, 0.2) is 24.3 Å². The van der Waals surface area contributed by atoms with Gasteiger partial charge in [-0.3, -0.25) is 4.79 Å². The minimum atomic E-state index is -2.89. The van der Waals surface area contributed by atoms with E-state index in [0.717, 1.165) is 6.54 Å². The summed E-state index contributed by atoms with van der Waals surface area (Å²) in [5.74, 6) is -0.137. The molecular weight excluding hydrogens is 350 g/mol. The number of alkyl halides is 2. The molecule has 1 saturated carbocycles. The number of benzene rings is 1. The highest BCUT2D eigenvalue weighted by Gasteiger charge is 2.13. The first kappa shape index (κ1) is 21.6. The Balaban J connectivity index is 0.00000312. The molecule has 0 aromatic heterocycles. The highest BCUT2D eigenvalue weighted by atomic mass is 35.5. The number of carbonyl (C=O) groups is 1. The second-order valence-corrected chi connectivity index (χ2v) is 6.16. The lowest BCUT2D eigenvalue weighted by Crippen LogP contribution is -2.37. The van der Waals surface area contributed by atoms with Crippen LogP contribution in [0.1, 0.15) is 44.1 Å². The predicted octanol–water partition coefficient (Wildman–Crippen LogP) is 3.68. The van der Waals surface area contributed by atoms with Crippen LogP contribution in [0.3, 0.4) is 0 Å². The fourth-order valence-corrected chi connectivity index (χ4v) is 3.06. The van der Waals surface area contributed by atoms with Gasteiger partial charge in [-0.25, -0.2) is 0 Å². The molecule has 0 unspecified atom stereocenters. The lowest BCUT2D eigenvalue weighted by Gasteiger charge is -2.16. The molecule has 1 aliphatic carbocycles. The zero-order chi connectivity index (χ0) is 17.2. The first-order valence-electron chi connectivity index (χ1n) is 8.68. The molecule has 1 aliphatic rings. The van der Waals surface area contributed by atoms with Gasteiger partial charge in [0.15, 0.2) is 0 Å². The van der Waals surface area contributed by atoms with Crippen molar-refractivity contribution in [2.24, 2.45) is 0 Å². The van der Waals surface area contributed by atoms with E-state index in [0.29, 0.717) is 18.2 Å². The molecule has 1 fully saturated rings. The summed E-state index contributed by atoms with van der Waals surface area (Å²) in [6, 6.07) is 6.93. The van der Waals surface area contributed by atoms with Gasteiger partial charge in [0.2, 0.25) is 5.91 Å². The van der Waals surface area contributed by atoms with Gasteiger partial charge >= 0.3 is 6.61 Å². The van der Waals surface area contributed by atoms with E-state index in [4.69, 9.17) is 0 Å². The Hall–Kier alpha value is -1.40. The molecule has 1 aromatic carbocycles. The minimum Gasteiger partial charge on any atom is -0.435 e. The van der Waals surface area contributed by atoms with Crippen LogP contribution in [-0.4, -0.2) is 31.7 Å². The summed E-state index contributed by atoms with van der Waals surface area (Å²) in [5, 5.41) is 6.30. The molecule has 2 N–H and O–H groups in total. The predicted molar refractivity (Wildman–Crippen MR) is 96.5 cm³/mol. The van der Waals surface area contributed by atoms with E-state index in [1.807, 2.05) is 0 Å². The lowest BCUT2D eigenvalue weighted by molar-refractivity contribution is -0.120. The lowest BCUT2D eigenvalue weighted by atomic mass is 10.1. The molecule has 4 nitrogen and oxygen atoms in total. The van der Waals surface area contributed by atoms with E-state index in [-0.39, 0.29) is 30.5 Å². The Labute approximate surface area is 154 Å². The van der Waals surface area contributed by atoms with Crippen molar-refractivity contribution in [3.63, 3.8) is 0 Å². The highest BCUT2D eigenvalue weighted by Crippen LogP contribution is 2.20. The number of para-hydroxylation sites is 1. The van der Waals surface area contributed by atoms with Gasteiger partial charge in [0, 0.05) is 24.7 Å². The quantitative estimate of drug-likeness (QED) is 0.537. The number of nitrogens with one attached hydrogen (secondary N) is 2. The molecule has 2 rings (SSSR count). The van der Waals surface area contributed by atoms with Gasteiger partial charge in [-0.15, -0.1) is 12.4 Å². The Bertz CT molecular complexity index is 510. The first-order chi connectivity index (χ1) is 11.6. The zero-order valence-electron chi connectivity index (χ0n) is 14.3. The van der Waals surface area contributed by atoms with E-state index in [9.17, 15) is 13.6 Å². The molecule has 7 heteroatoms. The third kappa shape index (κ3) is 8.50. The van der Waals surface area contributed by atoms with Crippen molar-refractivity contribution in [3.8, 4) is 5.75 Å². The molecule has 0 heterocycles. The summed E-state index contributed by atoms with van der Waals surface area (Å²) in [6.07, 6.45) is 7.60. The fraction of sp³-hybridized carbons (Fsp3) is 0.611. The van der Waals surface area contributed by atoms with Gasteiger partial charge in [-0.1, -0.05) is 43.9 Å². The van der Waals surface area contributed by atoms with Crippen molar-refractivity contribution in [2.75, 3.05) is 13.1 Å². The van der Waals surface area contributed by atoms with E-state index in [2.05, 4.69) is 15.4 Å². The van der Waals surface area contributed by atoms with E-state index in [1.165, 1.54) is 44.6 Å². The number of ether oxygens (including phenoxy) is 1. The Kier molecular flexibility index (Phi) is 10.4. The standard InChI is InChI=1S/C18H26F2N2O2.ClH/c19-18(20)24-16-10-6-5-7-14(16)13-17(23)22-12-11-21-15-8-3-1-2-4-9-15;/h5-7,10,15,18,21H,1-4,8-9,11-13H2,(H,22,23);1H. The van der Waals surface area contributed by atoms with E-state index >= 15 is 0 Å². The van der Waals surface area contributed by atoms with Crippen LogP contribution in [0.2, 0.25) is 0 Å². The maximum atomic E-state index is 12.4. The van der Waals surface area contributed by atoms with Crippen LogP contribution in [0.25, 0.3) is 0 Å². The Morgan fingerprint density at radius 3 is 2.48 bits per heavy atom. The van der Waals surface area contributed by atoms with Crippen molar-refractivity contribution in [3.05, 3.63) is 29.8 Å². The number of rotatable bonds is 8. The van der Waals surface area contributed by atoms with Gasteiger partial charge in [-0.05, 0) is 18.9 Å². The number of hydrogen-bond acceptors (Lipinski definition) is 3. The summed E-state index contributed by atoms with van der Waals surface area (Å²) in [6.45, 7) is -1.63. The van der Waals surface area contributed by atoms with Crippen molar-refractivity contribution < 1.29 is 18.3 Å². The van der Waals surface area contributed by atoms with Crippen molar-refractivity contribution >= 4 is 18.3 Å². The van der Waals surface area contributed by atoms with Gasteiger partial charge in [0.1, 0.15) is 5.75 Å². The van der Waals surface area contributed by atoms with Crippen molar-refractivity contribution in [2.45, 2.75) is 57.6 Å². The smallest absolute Gasteiger partial charge is 0.387 e. The molecule has 0 saturated heterocycles. The second kappa shape index (κ2) is 12.0. The van der Waals surface area contributed by atoms with Gasteiger partial charge in [-0.2, -0.15) is 8.78 Å². The van der Waals surface area contributed by atoms with Crippen LogP contribution < -0.4 is 15.4 Å². The molecule has 0 spiro atoms. The highest BCUT2D eigenvalue weighted by molar-refractivity contribution is 5.85. The van der Waals surface area contributed by atoms with Gasteiger partial charge in [0.05, 0.1) is 6.42 Å². The molecule has 0 aliphatic heterocycles. The molecule has 0 atom stereocenters. The van der Waals surface area contributed by atoms with Crippen LogP contribution in [-0.2, 0) is 11.2 Å². The first-order valence-corrected chi connectivity index (χ1v) is 8.68. The molecule has 1 amide bonds. The van der Waals surface area contributed by atoms with Crippen molar-refractivity contribution in [1.82, 2.24) is 10.6 Å². The average molecular weight is 377 g/mol. The van der Waals surface area contributed by atoms with Gasteiger partial charge in [0.25, 0.3) is 0 Å². The summed E-state index contributed by atoms with van der Waals surface area (Å²) in [7, 11) is 0. The summed E-state index contributed by atoms with van der Waals surface area (Å²) in [5.41, 5.74) is 0.465. The Morgan fingerprint density at radius 1 is 1.12 bits per heavy atom. The molecule has 1 aromatic rings. The summed E-state index contributed by atoms with van der Waals surface area (Å²) in [4.78, 5) is 12.0. The molecule has 0 bridgehead atoms. The maximum Gasteiger partial charge on any atom is 0.387 e. The minimum absolute atomic E-state index is 0. The average Bonchev–Trinajstić information content (AvgIpc) is 2.82. The van der Waals surface area contributed by atoms with E-state index in [1.54, 1.807) is 18.2 Å². The SMILES string of the molecule is Cl.O=C(Cc1ccccc1OC(F)F)NCCNC1CCCCCC1. The second-order valence-electron chi connectivity index (χ2n) is 6.16. The number of halogens is 3. The molecule has 0 radical (unpaired) electrons. The normalized spacial score (nSPS) is 15.3. The zero-order valence-corrected chi connectivity index (χ0v) is 15.1. The molecular formula is C18H27ClF2N2O2. The molecule has 142 valence electrons. The third-order valence-corrected chi connectivity index (χ3v) is 4.28. The third-order valence-electron chi connectivity index (χ3n) is 4.28. The Morgan fingerprint density at radius 2 is 1.80 bits per heavy atom. The monoisotopic (exact) mass is 376 g/mol. The topological polar surface area (TPSA) is 50.4 Å². The number of hydrogen-bond donors (Lipinski definition) is 2. The van der Waals surface area contributed by atoms with Crippen LogP contribution in [0.4, 0.5) is 8.78 Å². The van der Waals surface area contributed by atoms with Crippen LogP contribution in [0, 0.1) is 0 Å². The number of amides is 1. The van der Waals surface area contributed by atoms with Crippen molar-refractivity contribution in [1.29, 1.82) is 0 Å².